The molecule has 1 amide bonds. The highest BCUT2D eigenvalue weighted by atomic mass is 32.2. The molecule has 1 atom stereocenters. The topological polar surface area (TPSA) is 111 Å². The fourth-order valence-electron chi connectivity index (χ4n) is 3.86. The van der Waals surface area contributed by atoms with Crippen LogP contribution in [0.3, 0.4) is 0 Å². The molecule has 0 bridgehead atoms. The highest BCUT2D eigenvalue weighted by molar-refractivity contribution is 7.92. The first-order chi connectivity index (χ1) is 14.7. The number of hydrogen-bond acceptors (Lipinski definition) is 6. The van der Waals surface area contributed by atoms with Crippen LogP contribution in [0.2, 0.25) is 0 Å². The van der Waals surface area contributed by atoms with Crippen LogP contribution in [0.5, 0.6) is 0 Å². The van der Waals surface area contributed by atoms with Gasteiger partial charge >= 0.3 is 0 Å². The number of allylic oxidation sites excluding steroid dienone is 2. The third-order valence-electron chi connectivity index (χ3n) is 5.59. The van der Waals surface area contributed by atoms with Crippen LogP contribution in [-0.2, 0) is 21.2 Å². The molecule has 0 saturated carbocycles. The number of carbonyl (C=O) groups is 2. The summed E-state index contributed by atoms with van der Waals surface area (Å²) in [5.41, 5.74) is 3.49. The van der Waals surface area contributed by atoms with Crippen LogP contribution in [-0.4, -0.2) is 60.9 Å². The van der Waals surface area contributed by atoms with Crippen LogP contribution in [0.15, 0.2) is 41.5 Å². The van der Waals surface area contributed by atoms with Crippen LogP contribution >= 0.6 is 0 Å². The first kappa shape index (κ1) is 21.3. The summed E-state index contributed by atoms with van der Waals surface area (Å²) in [6.07, 6.45) is 1.66. The summed E-state index contributed by atoms with van der Waals surface area (Å²) < 4.78 is 32.9. The summed E-state index contributed by atoms with van der Waals surface area (Å²) in [4.78, 5) is 27.7. The van der Waals surface area contributed by atoms with Gasteiger partial charge in [0.2, 0.25) is 10.0 Å². The van der Waals surface area contributed by atoms with E-state index in [1.807, 2.05) is 13.0 Å². The van der Waals surface area contributed by atoms with Gasteiger partial charge in [0, 0.05) is 18.5 Å². The number of carbonyl (C=O) groups excluding carboxylic acids is 2. The maximum atomic E-state index is 13.4. The first-order valence-electron chi connectivity index (χ1n) is 9.91. The summed E-state index contributed by atoms with van der Waals surface area (Å²) in [5.74, 6) is -0.495. The summed E-state index contributed by atoms with van der Waals surface area (Å²) in [7, 11) is -3.55. The van der Waals surface area contributed by atoms with Crippen molar-refractivity contribution >= 4 is 27.5 Å². The Labute approximate surface area is 180 Å². The van der Waals surface area contributed by atoms with Gasteiger partial charge in [-0.2, -0.15) is 5.10 Å². The Morgan fingerprint density at radius 3 is 2.74 bits per heavy atom. The van der Waals surface area contributed by atoms with Crippen LogP contribution in [0.1, 0.15) is 46.4 Å². The lowest BCUT2D eigenvalue weighted by atomic mass is 10.0. The predicted molar refractivity (Wildman–Crippen MR) is 114 cm³/mol. The second-order valence-corrected chi connectivity index (χ2v) is 9.62. The molecular weight excluding hydrogens is 420 g/mol. The van der Waals surface area contributed by atoms with E-state index in [1.165, 1.54) is 4.68 Å². The zero-order chi connectivity index (χ0) is 22.3. The second-order valence-electron chi connectivity index (χ2n) is 7.87. The van der Waals surface area contributed by atoms with Crippen molar-refractivity contribution in [3.05, 3.63) is 58.4 Å². The average molecular weight is 445 g/mol. The fourth-order valence-corrected chi connectivity index (χ4v) is 4.43. The number of ether oxygens (including phenoxy) is 1. The molecule has 1 fully saturated rings. The van der Waals surface area contributed by atoms with Crippen LogP contribution in [0.25, 0.3) is 0 Å². The SMILES string of the molecule is CC1=C(C)C(=O)n2nc([C@@H]3COCCN3C(=O)c3ccccc3NS(C)(=O)=O)cc2C1. The molecule has 31 heavy (non-hydrogen) atoms. The quantitative estimate of drug-likeness (QED) is 0.772. The Morgan fingerprint density at radius 2 is 2.00 bits per heavy atom. The van der Waals surface area contributed by atoms with Gasteiger partial charge in [0.1, 0.15) is 0 Å². The number of amides is 1. The number of fused-ring (bicyclic) bond motifs is 1. The smallest absolute Gasteiger partial charge is 0.274 e. The Morgan fingerprint density at radius 1 is 1.26 bits per heavy atom. The monoisotopic (exact) mass is 444 g/mol. The number of nitrogens with zero attached hydrogens (tertiary/aromatic N) is 3. The third kappa shape index (κ3) is 4.13. The molecule has 2 aliphatic heterocycles. The molecule has 10 heteroatoms. The number of sulfonamides is 1. The van der Waals surface area contributed by atoms with Crippen molar-refractivity contribution in [3.63, 3.8) is 0 Å². The van der Waals surface area contributed by atoms with Crippen molar-refractivity contribution < 1.29 is 22.7 Å². The normalized spacial score (nSPS) is 19.4. The lowest BCUT2D eigenvalue weighted by molar-refractivity contribution is -0.00396. The van der Waals surface area contributed by atoms with E-state index >= 15 is 0 Å². The Bertz CT molecular complexity index is 1200. The number of anilines is 1. The van der Waals surface area contributed by atoms with Gasteiger partial charge in [-0.05, 0) is 32.0 Å². The van der Waals surface area contributed by atoms with Crippen LogP contribution in [0, 0.1) is 0 Å². The molecule has 2 aliphatic rings. The number of hydrogen-bond donors (Lipinski definition) is 1. The highest BCUT2D eigenvalue weighted by Crippen LogP contribution is 2.30. The minimum Gasteiger partial charge on any atom is -0.377 e. The zero-order valence-corrected chi connectivity index (χ0v) is 18.4. The molecule has 0 unspecified atom stereocenters. The number of aromatic nitrogens is 2. The molecule has 1 saturated heterocycles. The number of para-hydroxylation sites is 1. The summed E-state index contributed by atoms with van der Waals surface area (Å²) in [6.45, 7) is 4.63. The third-order valence-corrected chi connectivity index (χ3v) is 6.18. The Kier molecular flexibility index (Phi) is 5.44. The van der Waals surface area contributed by atoms with E-state index in [4.69, 9.17) is 4.74 Å². The zero-order valence-electron chi connectivity index (χ0n) is 17.6. The van der Waals surface area contributed by atoms with Crippen LogP contribution in [0.4, 0.5) is 5.69 Å². The summed E-state index contributed by atoms with van der Waals surface area (Å²) in [5, 5.41) is 4.50. The molecule has 1 aromatic heterocycles. The van der Waals surface area contributed by atoms with Crippen molar-refractivity contribution in [1.29, 1.82) is 0 Å². The minimum atomic E-state index is -3.55. The summed E-state index contributed by atoms with van der Waals surface area (Å²) in [6, 6.07) is 7.83. The van der Waals surface area contributed by atoms with Gasteiger partial charge in [-0.15, -0.1) is 0 Å². The van der Waals surface area contributed by atoms with Gasteiger partial charge in [-0.25, -0.2) is 13.1 Å². The lowest BCUT2D eigenvalue weighted by Crippen LogP contribution is -2.44. The molecule has 1 N–H and O–H groups in total. The molecule has 0 radical (unpaired) electrons. The van der Waals surface area contributed by atoms with Crippen LogP contribution < -0.4 is 4.72 Å². The average Bonchev–Trinajstić information content (AvgIpc) is 3.15. The van der Waals surface area contributed by atoms with Gasteiger partial charge in [-0.3, -0.25) is 14.3 Å². The molecule has 1 aromatic carbocycles. The molecule has 0 aliphatic carbocycles. The predicted octanol–water partition coefficient (Wildman–Crippen LogP) is 2.00. The van der Waals surface area contributed by atoms with E-state index < -0.39 is 16.1 Å². The largest absolute Gasteiger partial charge is 0.377 e. The lowest BCUT2D eigenvalue weighted by Gasteiger charge is -2.35. The van der Waals surface area contributed by atoms with E-state index in [2.05, 4.69) is 9.82 Å². The van der Waals surface area contributed by atoms with E-state index in [1.54, 1.807) is 36.1 Å². The van der Waals surface area contributed by atoms with E-state index in [-0.39, 0.29) is 29.7 Å². The molecule has 0 spiro atoms. The maximum absolute atomic E-state index is 13.4. The van der Waals surface area contributed by atoms with E-state index in [0.29, 0.717) is 30.8 Å². The minimum absolute atomic E-state index is 0.165. The van der Waals surface area contributed by atoms with E-state index in [0.717, 1.165) is 17.5 Å². The van der Waals surface area contributed by atoms with Crippen molar-refractivity contribution in [2.75, 3.05) is 30.7 Å². The standard InChI is InChI=1S/C21H24N4O5S/c1-13-10-15-11-18(22-25(15)20(26)14(13)2)19-12-30-9-8-24(19)21(27)16-6-4-5-7-17(16)23-31(3,28)29/h4-7,11,19,23H,8-10,12H2,1-3H3/t19-/m0/s1. The van der Waals surface area contributed by atoms with Gasteiger partial charge in [-0.1, -0.05) is 17.7 Å². The van der Waals surface area contributed by atoms with Gasteiger partial charge in [0.15, 0.2) is 0 Å². The number of morpholine rings is 1. The maximum Gasteiger partial charge on any atom is 0.274 e. The summed E-state index contributed by atoms with van der Waals surface area (Å²) >= 11 is 0. The van der Waals surface area contributed by atoms with Gasteiger partial charge in [0.25, 0.3) is 11.8 Å². The van der Waals surface area contributed by atoms with Gasteiger partial charge in [0.05, 0.1) is 48.2 Å². The van der Waals surface area contributed by atoms with E-state index in [9.17, 15) is 18.0 Å². The van der Waals surface area contributed by atoms with Crippen molar-refractivity contribution in [3.8, 4) is 0 Å². The number of benzene rings is 1. The molecule has 4 rings (SSSR count). The van der Waals surface area contributed by atoms with Crippen molar-refractivity contribution in [2.45, 2.75) is 26.3 Å². The molecular formula is C21H24N4O5S. The molecule has 164 valence electrons. The number of nitrogens with one attached hydrogen (secondary N) is 1. The molecule has 9 nitrogen and oxygen atoms in total. The Balaban J connectivity index is 1.68. The highest BCUT2D eigenvalue weighted by Gasteiger charge is 2.34. The van der Waals surface area contributed by atoms with Crippen molar-refractivity contribution in [2.24, 2.45) is 0 Å². The Hall–Kier alpha value is -2.98. The molecule has 2 aromatic rings. The fraction of sp³-hybridized carbons (Fsp3) is 0.381. The van der Waals surface area contributed by atoms with Crippen molar-refractivity contribution in [1.82, 2.24) is 14.7 Å². The second kappa shape index (κ2) is 7.93. The molecule has 3 heterocycles. The number of rotatable bonds is 4. The first-order valence-corrected chi connectivity index (χ1v) is 11.8. The van der Waals surface area contributed by atoms with Gasteiger partial charge < -0.3 is 9.64 Å².